The third-order valence-electron chi connectivity index (χ3n) is 2.85. The standard InChI is InChI=1S/C12H12FN5O3/c1-17-12(14)10(6-15-17)16-11(19)5-7-4-8(18(20)21)2-3-9(7)13/h2-4,6H,5,14H2,1H3,(H,16,19). The molecule has 0 radical (unpaired) electrons. The molecule has 0 atom stereocenters. The highest BCUT2D eigenvalue weighted by Gasteiger charge is 2.15. The maximum Gasteiger partial charge on any atom is 0.269 e. The number of nitrogens with two attached hydrogens (primary N) is 1. The number of aryl methyl sites for hydroxylation is 1. The molecule has 0 aliphatic carbocycles. The highest BCUT2D eigenvalue weighted by Crippen LogP contribution is 2.19. The van der Waals surface area contributed by atoms with Gasteiger partial charge in [0.2, 0.25) is 5.91 Å². The van der Waals surface area contributed by atoms with E-state index in [1.807, 2.05) is 0 Å². The molecule has 0 aliphatic rings. The molecule has 0 unspecified atom stereocenters. The van der Waals surface area contributed by atoms with Gasteiger partial charge in [0.05, 0.1) is 17.5 Å². The fourth-order valence-corrected chi connectivity index (χ4v) is 1.72. The molecule has 0 saturated heterocycles. The molecule has 2 aromatic rings. The average Bonchev–Trinajstić information content (AvgIpc) is 2.73. The lowest BCUT2D eigenvalue weighted by Crippen LogP contribution is -2.16. The average molecular weight is 293 g/mol. The van der Waals surface area contributed by atoms with Gasteiger partial charge in [0.15, 0.2) is 0 Å². The number of halogens is 1. The van der Waals surface area contributed by atoms with E-state index in [1.54, 1.807) is 7.05 Å². The number of non-ortho nitro benzene ring substituents is 1. The van der Waals surface area contributed by atoms with Crippen molar-refractivity contribution in [3.8, 4) is 0 Å². The van der Waals surface area contributed by atoms with Gasteiger partial charge in [-0.3, -0.25) is 19.6 Å². The summed E-state index contributed by atoms with van der Waals surface area (Å²) in [5.41, 5.74) is 5.62. The summed E-state index contributed by atoms with van der Waals surface area (Å²) in [5, 5.41) is 17.0. The number of aromatic nitrogens is 2. The Morgan fingerprint density at radius 2 is 2.29 bits per heavy atom. The lowest BCUT2D eigenvalue weighted by Gasteiger charge is -2.05. The van der Waals surface area contributed by atoms with Crippen LogP contribution in [0.25, 0.3) is 0 Å². The van der Waals surface area contributed by atoms with E-state index in [-0.39, 0.29) is 23.5 Å². The van der Waals surface area contributed by atoms with E-state index in [4.69, 9.17) is 5.73 Å². The third kappa shape index (κ3) is 3.14. The van der Waals surface area contributed by atoms with Gasteiger partial charge in [-0.1, -0.05) is 0 Å². The summed E-state index contributed by atoms with van der Waals surface area (Å²) >= 11 is 0. The maximum absolute atomic E-state index is 13.6. The van der Waals surface area contributed by atoms with E-state index in [0.717, 1.165) is 18.2 Å². The van der Waals surface area contributed by atoms with Crippen LogP contribution < -0.4 is 11.1 Å². The lowest BCUT2D eigenvalue weighted by molar-refractivity contribution is -0.385. The first-order chi connectivity index (χ1) is 9.88. The fraction of sp³-hybridized carbons (Fsp3) is 0.167. The SMILES string of the molecule is Cn1ncc(NC(=O)Cc2cc([N+](=O)[O-])ccc2F)c1N. The predicted octanol–water partition coefficient (Wildman–Crippen LogP) is 1.23. The smallest absolute Gasteiger partial charge is 0.269 e. The Balaban J connectivity index is 2.14. The lowest BCUT2D eigenvalue weighted by atomic mass is 10.1. The molecule has 1 amide bonds. The number of nitro groups is 1. The molecule has 3 N–H and O–H groups in total. The molecule has 0 spiro atoms. The van der Waals surface area contributed by atoms with Gasteiger partial charge in [-0.25, -0.2) is 4.39 Å². The van der Waals surface area contributed by atoms with Crippen molar-refractivity contribution in [3.05, 3.63) is 45.9 Å². The van der Waals surface area contributed by atoms with E-state index in [1.165, 1.54) is 10.9 Å². The number of hydrogen-bond donors (Lipinski definition) is 2. The van der Waals surface area contributed by atoms with Crippen molar-refractivity contribution in [2.75, 3.05) is 11.1 Å². The van der Waals surface area contributed by atoms with Gasteiger partial charge in [-0.05, 0) is 6.07 Å². The van der Waals surface area contributed by atoms with Crippen LogP contribution >= 0.6 is 0 Å². The number of nitro benzene ring substituents is 1. The van der Waals surface area contributed by atoms with Gasteiger partial charge >= 0.3 is 0 Å². The highest BCUT2D eigenvalue weighted by molar-refractivity contribution is 5.94. The van der Waals surface area contributed by atoms with Crippen molar-refractivity contribution in [1.82, 2.24) is 9.78 Å². The molecule has 1 heterocycles. The number of nitrogens with one attached hydrogen (secondary N) is 1. The second-order valence-electron chi connectivity index (χ2n) is 4.32. The maximum atomic E-state index is 13.6. The number of nitrogen functional groups attached to an aromatic ring is 1. The molecule has 0 saturated carbocycles. The second kappa shape index (κ2) is 5.57. The number of carbonyl (C=O) groups is 1. The number of anilines is 2. The Morgan fingerprint density at radius 3 is 2.86 bits per heavy atom. The van der Waals surface area contributed by atoms with Crippen LogP contribution in [0, 0.1) is 15.9 Å². The molecular formula is C12H12FN5O3. The zero-order valence-corrected chi connectivity index (χ0v) is 11.0. The van der Waals surface area contributed by atoms with Crippen LogP contribution in [0.1, 0.15) is 5.56 Å². The predicted molar refractivity (Wildman–Crippen MR) is 73.0 cm³/mol. The van der Waals surface area contributed by atoms with Crippen molar-refractivity contribution < 1.29 is 14.1 Å². The minimum atomic E-state index is -0.685. The first-order valence-electron chi connectivity index (χ1n) is 5.88. The van der Waals surface area contributed by atoms with Gasteiger partial charge in [0.25, 0.3) is 5.69 Å². The van der Waals surface area contributed by atoms with Crippen LogP contribution in [0.2, 0.25) is 0 Å². The fourth-order valence-electron chi connectivity index (χ4n) is 1.72. The van der Waals surface area contributed by atoms with Crippen molar-refractivity contribution in [3.63, 3.8) is 0 Å². The molecule has 0 bridgehead atoms. The molecule has 21 heavy (non-hydrogen) atoms. The molecule has 0 fully saturated rings. The molecule has 9 heteroatoms. The number of carbonyl (C=O) groups excluding carboxylic acids is 1. The Labute approximate surface area is 118 Å². The molecule has 8 nitrogen and oxygen atoms in total. The summed E-state index contributed by atoms with van der Waals surface area (Å²) < 4.78 is 14.9. The van der Waals surface area contributed by atoms with Crippen LogP contribution in [0.3, 0.4) is 0 Å². The van der Waals surface area contributed by atoms with Crippen LogP contribution in [0.15, 0.2) is 24.4 Å². The van der Waals surface area contributed by atoms with E-state index in [9.17, 15) is 19.3 Å². The van der Waals surface area contributed by atoms with Gasteiger partial charge in [-0.2, -0.15) is 5.10 Å². The highest BCUT2D eigenvalue weighted by atomic mass is 19.1. The summed E-state index contributed by atoms with van der Waals surface area (Å²) in [6, 6.07) is 3.02. The van der Waals surface area contributed by atoms with Gasteiger partial charge in [0.1, 0.15) is 17.3 Å². The summed E-state index contributed by atoms with van der Waals surface area (Å²) in [4.78, 5) is 21.8. The first kappa shape index (κ1) is 14.4. The Kier molecular flexibility index (Phi) is 3.83. The monoisotopic (exact) mass is 293 g/mol. The number of nitrogens with zero attached hydrogens (tertiary/aromatic N) is 3. The van der Waals surface area contributed by atoms with Crippen molar-refractivity contribution in [2.45, 2.75) is 6.42 Å². The summed E-state index contributed by atoms with van der Waals surface area (Å²) in [6.07, 6.45) is 1.01. The van der Waals surface area contributed by atoms with E-state index in [0.29, 0.717) is 5.69 Å². The quantitative estimate of drug-likeness (QED) is 0.649. The first-order valence-corrected chi connectivity index (χ1v) is 5.88. The van der Waals surface area contributed by atoms with Gasteiger partial charge in [-0.15, -0.1) is 0 Å². The van der Waals surface area contributed by atoms with Crippen molar-refractivity contribution >= 4 is 23.1 Å². The normalized spacial score (nSPS) is 10.4. The largest absolute Gasteiger partial charge is 0.382 e. The molecular weight excluding hydrogens is 281 g/mol. The van der Waals surface area contributed by atoms with Crippen molar-refractivity contribution in [1.29, 1.82) is 0 Å². The second-order valence-corrected chi connectivity index (χ2v) is 4.32. The molecule has 0 aliphatic heterocycles. The topological polar surface area (TPSA) is 116 Å². The van der Waals surface area contributed by atoms with Crippen LogP contribution in [0.5, 0.6) is 0 Å². The molecule has 110 valence electrons. The van der Waals surface area contributed by atoms with Crippen LogP contribution in [0.4, 0.5) is 21.6 Å². The Bertz CT molecular complexity index is 713. The third-order valence-corrected chi connectivity index (χ3v) is 2.85. The number of rotatable bonds is 4. The van der Waals surface area contributed by atoms with Gasteiger partial charge in [0, 0.05) is 24.7 Å². The van der Waals surface area contributed by atoms with E-state index >= 15 is 0 Å². The van der Waals surface area contributed by atoms with Crippen LogP contribution in [-0.2, 0) is 18.3 Å². The zero-order valence-electron chi connectivity index (χ0n) is 11.0. The minimum absolute atomic E-state index is 0.0656. The zero-order chi connectivity index (χ0) is 15.6. The summed E-state index contributed by atoms with van der Waals surface area (Å²) in [6.45, 7) is 0. The van der Waals surface area contributed by atoms with Crippen LogP contribution in [-0.4, -0.2) is 20.6 Å². The molecule has 2 rings (SSSR count). The minimum Gasteiger partial charge on any atom is -0.382 e. The van der Waals surface area contributed by atoms with E-state index in [2.05, 4.69) is 10.4 Å². The van der Waals surface area contributed by atoms with Crippen molar-refractivity contribution in [2.24, 2.45) is 7.05 Å². The van der Waals surface area contributed by atoms with E-state index < -0.39 is 16.6 Å². The number of hydrogen-bond acceptors (Lipinski definition) is 5. The van der Waals surface area contributed by atoms with Gasteiger partial charge < -0.3 is 11.1 Å². The molecule has 1 aromatic carbocycles. The summed E-state index contributed by atoms with van der Waals surface area (Å²) in [7, 11) is 1.60. The Hall–Kier alpha value is -2.97. The summed E-state index contributed by atoms with van der Waals surface area (Å²) in [5.74, 6) is -0.980. The Morgan fingerprint density at radius 1 is 1.57 bits per heavy atom. The molecule has 1 aromatic heterocycles. The number of amides is 1. The number of benzene rings is 1.